The van der Waals surface area contributed by atoms with Crippen LogP contribution in [0.5, 0.6) is 0 Å². The molecule has 0 saturated carbocycles. The molecule has 5 aromatic carbocycles. The SMILES string of the molecule is C[C@H](C(Cc1ccccc1)[C@@H](C)P(c1ccccc1)c1ccccc1)P(c1ccccc1)c1ccccc1. The summed E-state index contributed by atoms with van der Waals surface area (Å²) < 4.78 is 0. The van der Waals surface area contributed by atoms with Gasteiger partial charge in [0.2, 0.25) is 0 Å². The molecule has 0 radical (unpaired) electrons. The van der Waals surface area contributed by atoms with Gasteiger partial charge in [-0.3, -0.25) is 0 Å². The van der Waals surface area contributed by atoms with E-state index in [0.717, 1.165) is 6.42 Å². The Morgan fingerprint density at radius 2 is 0.658 bits per heavy atom. The second-order valence-corrected chi connectivity index (χ2v) is 15.1. The van der Waals surface area contributed by atoms with Crippen LogP contribution >= 0.6 is 15.8 Å². The van der Waals surface area contributed by atoms with Crippen LogP contribution in [-0.2, 0) is 6.42 Å². The van der Waals surface area contributed by atoms with E-state index in [1.165, 1.54) is 26.8 Å². The van der Waals surface area contributed by atoms with Crippen molar-refractivity contribution in [2.45, 2.75) is 31.6 Å². The standard InChI is InChI=1S/C36H36P2/c1-29(37(32-20-10-4-11-21-32)33-22-12-5-13-23-33)36(28-31-18-8-3-9-19-31)30(2)38(34-24-14-6-15-25-34)35-26-16-7-17-27-35/h3-27,29-30,36H,28H2,1-2H3/t29-,30-/m1/s1. The molecule has 38 heavy (non-hydrogen) atoms. The molecule has 190 valence electrons. The van der Waals surface area contributed by atoms with Gasteiger partial charge in [-0.15, -0.1) is 0 Å². The molecule has 0 aliphatic heterocycles. The number of hydrogen-bond acceptors (Lipinski definition) is 0. The van der Waals surface area contributed by atoms with Gasteiger partial charge in [-0.25, -0.2) is 0 Å². The summed E-state index contributed by atoms with van der Waals surface area (Å²) in [7, 11) is -1.06. The van der Waals surface area contributed by atoms with Crippen LogP contribution in [0.1, 0.15) is 19.4 Å². The van der Waals surface area contributed by atoms with Gasteiger partial charge in [0.05, 0.1) is 0 Å². The lowest BCUT2D eigenvalue weighted by molar-refractivity contribution is 0.509. The van der Waals surface area contributed by atoms with Crippen molar-refractivity contribution in [3.05, 3.63) is 157 Å². The summed E-state index contributed by atoms with van der Waals surface area (Å²) in [5.74, 6) is 0.510. The van der Waals surface area contributed by atoms with Crippen LogP contribution in [0.4, 0.5) is 0 Å². The summed E-state index contributed by atoms with van der Waals surface area (Å²) in [5.41, 5.74) is 2.44. The van der Waals surface area contributed by atoms with E-state index in [2.05, 4.69) is 166 Å². The molecule has 0 amide bonds. The Balaban J connectivity index is 1.61. The summed E-state index contributed by atoms with van der Waals surface area (Å²) in [4.78, 5) is 0. The Morgan fingerprint density at radius 1 is 0.395 bits per heavy atom. The monoisotopic (exact) mass is 530 g/mol. The minimum atomic E-state index is -0.532. The molecule has 0 aliphatic carbocycles. The molecule has 0 saturated heterocycles. The smallest absolute Gasteiger partial charge is 0.0120 e. The van der Waals surface area contributed by atoms with E-state index in [1.807, 2.05) is 0 Å². The van der Waals surface area contributed by atoms with Gasteiger partial charge in [-0.2, -0.15) is 0 Å². The predicted molar refractivity (Wildman–Crippen MR) is 171 cm³/mol. The Kier molecular flexibility index (Phi) is 9.19. The van der Waals surface area contributed by atoms with Crippen LogP contribution in [-0.4, -0.2) is 11.3 Å². The molecule has 0 aromatic heterocycles. The minimum Gasteiger partial charge on any atom is -0.0622 e. The molecule has 0 spiro atoms. The van der Waals surface area contributed by atoms with Gasteiger partial charge in [0, 0.05) is 0 Å². The summed E-state index contributed by atoms with van der Waals surface area (Å²) in [6.07, 6.45) is 1.08. The first kappa shape index (κ1) is 26.6. The zero-order valence-corrected chi connectivity index (χ0v) is 24.1. The highest BCUT2D eigenvalue weighted by atomic mass is 31.1. The number of rotatable bonds is 10. The molecule has 0 heterocycles. The summed E-state index contributed by atoms with van der Waals surface area (Å²) in [6.45, 7) is 5.05. The van der Waals surface area contributed by atoms with Crippen molar-refractivity contribution in [1.82, 2.24) is 0 Å². The fraction of sp³-hybridized carbons (Fsp3) is 0.167. The van der Waals surface area contributed by atoms with E-state index < -0.39 is 15.8 Å². The Hall–Kier alpha value is -3.04. The lowest BCUT2D eigenvalue weighted by Crippen LogP contribution is -2.36. The highest BCUT2D eigenvalue weighted by Gasteiger charge is 2.36. The van der Waals surface area contributed by atoms with Crippen LogP contribution in [0.25, 0.3) is 0 Å². The minimum absolute atomic E-state index is 0.502. The highest BCUT2D eigenvalue weighted by Crippen LogP contribution is 2.51. The average Bonchev–Trinajstić information content (AvgIpc) is 2.99. The van der Waals surface area contributed by atoms with Gasteiger partial charge in [-0.1, -0.05) is 166 Å². The molecule has 0 N–H and O–H groups in total. The van der Waals surface area contributed by atoms with Gasteiger partial charge in [0.25, 0.3) is 0 Å². The van der Waals surface area contributed by atoms with Gasteiger partial charge in [-0.05, 0) is 66.3 Å². The van der Waals surface area contributed by atoms with Gasteiger partial charge in [0.1, 0.15) is 0 Å². The highest BCUT2D eigenvalue weighted by molar-refractivity contribution is 7.74. The van der Waals surface area contributed by atoms with Crippen LogP contribution in [0, 0.1) is 5.92 Å². The van der Waals surface area contributed by atoms with E-state index in [-0.39, 0.29) is 0 Å². The average molecular weight is 531 g/mol. The normalized spacial score (nSPS) is 13.1. The van der Waals surface area contributed by atoms with Crippen molar-refractivity contribution in [2.75, 3.05) is 0 Å². The van der Waals surface area contributed by atoms with Crippen molar-refractivity contribution >= 4 is 37.1 Å². The molecular weight excluding hydrogens is 494 g/mol. The van der Waals surface area contributed by atoms with Gasteiger partial charge < -0.3 is 0 Å². The van der Waals surface area contributed by atoms with Crippen molar-refractivity contribution in [2.24, 2.45) is 5.92 Å². The molecular formula is C36H36P2. The predicted octanol–water partition coefficient (Wildman–Crippen LogP) is 7.89. The Bertz CT molecular complexity index is 1190. The van der Waals surface area contributed by atoms with E-state index in [0.29, 0.717) is 17.2 Å². The molecule has 5 rings (SSSR count). The van der Waals surface area contributed by atoms with E-state index in [1.54, 1.807) is 0 Å². The molecule has 2 heteroatoms. The lowest BCUT2D eigenvalue weighted by Gasteiger charge is -2.39. The van der Waals surface area contributed by atoms with Gasteiger partial charge >= 0.3 is 0 Å². The van der Waals surface area contributed by atoms with Gasteiger partial charge in [0.15, 0.2) is 0 Å². The third-order valence-electron chi connectivity index (χ3n) is 7.51. The van der Waals surface area contributed by atoms with E-state index in [9.17, 15) is 0 Å². The van der Waals surface area contributed by atoms with Crippen LogP contribution in [0.2, 0.25) is 0 Å². The molecule has 0 fully saturated rings. The molecule has 0 unspecified atom stereocenters. The van der Waals surface area contributed by atoms with Crippen molar-refractivity contribution in [3.63, 3.8) is 0 Å². The molecule has 0 nitrogen and oxygen atoms in total. The lowest BCUT2D eigenvalue weighted by atomic mass is 9.93. The third kappa shape index (κ3) is 6.32. The zero-order valence-electron chi connectivity index (χ0n) is 22.3. The second-order valence-electron chi connectivity index (χ2n) is 9.92. The van der Waals surface area contributed by atoms with Crippen molar-refractivity contribution < 1.29 is 0 Å². The quantitative estimate of drug-likeness (QED) is 0.161. The molecule has 5 aromatic rings. The second kappa shape index (κ2) is 13.2. The Morgan fingerprint density at radius 3 is 0.947 bits per heavy atom. The third-order valence-corrected chi connectivity index (χ3v) is 13.3. The van der Waals surface area contributed by atoms with Crippen molar-refractivity contribution in [1.29, 1.82) is 0 Å². The van der Waals surface area contributed by atoms with Crippen LogP contribution in [0.15, 0.2) is 152 Å². The van der Waals surface area contributed by atoms with Crippen LogP contribution < -0.4 is 21.2 Å². The molecule has 0 bridgehead atoms. The summed E-state index contributed by atoms with van der Waals surface area (Å²) in [6, 6.07) is 56.1. The summed E-state index contributed by atoms with van der Waals surface area (Å²) in [5, 5.41) is 5.87. The first-order chi connectivity index (χ1) is 18.7. The maximum Gasteiger partial charge on any atom is -0.0120 e. The maximum atomic E-state index is 2.53. The van der Waals surface area contributed by atoms with Crippen LogP contribution in [0.3, 0.4) is 0 Å². The zero-order chi connectivity index (χ0) is 26.2. The molecule has 2 atom stereocenters. The topological polar surface area (TPSA) is 0 Å². The van der Waals surface area contributed by atoms with Crippen molar-refractivity contribution in [3.8, 4) is 0 Å². The largest absolute Gasteiger partial charge is 0.0622 e. The fourth-order valence-corrected chi connectivity index (χ4v) is 11.7. The Labute approximate surface area is 231 Å². The number of hydrogen-bond donors (Lipinski definition) is 0. The van der Waals surface area contributed by atoms with E-state index >= 15 is 0 Å². The first-order valence-corrected chi connectivity index (χ1v) is 16.4. The molecule has 0 aliphatic rings. The first-order valence-electron chi connectivity index (χ1n) is 13.5. The summed E-state index contributed by atoms with van der Waals surface area (Å²) >= 11 is 0. The maximum absolute atomic E-state index is 2.53. The fourth-order valence-electron chi connectivity index (χ4n) is 5.61. The van der Waals surface area contributed by atoms with E-state index in [4.69, 9.17) is 0 Å². The number of benzene rings is 5.